The first-order chi connectivity index (χ1) is 13.9. The number of hydrogen-bond donors (Lipinski definition) is 0. The average Bonchev–Trinajstić information content (AvgIpc) is 3.12. The van der Waals surface area contributed by atoms with E-state index in [1.54, 1.807) is 47.4 Å². The number of aldehydes is 1. The molecule has 0 spiro atoms. The van der Waals surface area contributed by atoms with Crippen molar-refractivity contribution in [2.75, 3.05) is 18.5 Å². The lowest BCUT2D eigenvalue weighted by molar-refractivity contribution is -0.137. The largest absolute Gasteiger partial charge is 0.489 e. The molecule has 6 nitrogen and oxygen atoms in total. The maximum atomic E-state index is 12.7. The van der Waals surface area contributed by atoms with Crippen molar-refractivity contribution in [3.63, 3.8) is 0 Å². The van der Waals surface area contributed by atoms with Gasteiger partial charge in [-0.3, -0.25) is 14.5 Å². The number of halogens is 3. The van der Waals surface area contributed by atoms with E-state index in [1.807, 2.05) is 0 Å². The third-order valence-electron chi connectivity index (χ3n) is 4.40. The fourth-order valence-electron chi connectivity index (χ4n) is 2.73. The third-order valence-corrected chi connectivity index (χ3v) is 4.40. The summed E-state index contributed by atoms with van der Waals surface area (Å²) in [6.07, 6.45) is 1.14. The van der Waals surface area contributed by atoms with Gasteiger partial charge in [0, 0.05) is 37.2 Å². The van der Waals surface area contributed by atoms with E-state index >= 15 is 0 Å². The number of likely N-dealkylation sites (N-methyl/N-ethyl adjacent to an activating group) is 1. The number of alkyl halides is 3. The van der Waals surface area contributed by atoms with Crippen molar-refractivity contribution in [2.45, 2.75) is 19.3 Å². The standard InChI is InChI=1S/C20H19F3N4O2/c1-26(17-4-2-16(3-5-17)20(21,22)23)10-11-27-19(13-28)15(12-25-27)14-29-18-6-8-24-9-7-18/h2-9,12-13H,10-11,14H2,1H3. The van der Waals surface area contributed by atoms with Gasteiger partial charge in [-0.1, -0.05) is 0 Å². The van der Waals surface area contributed by atoms with Gasteiger partial charge >= 0.3 is 6.18 Å². The first kappa shape index (κ1) is 20.4. The summed E-state index contributed by atoms with van der Waals surface area (Å²) in [5.74, 6) is 0.631. The Bertz CT molecular complexity index is 941. The minimum atomic E-state index is -4.36. The van der Waals surface area contributed by atoms with Gasteiger partial charge in [-0.2, -0.15) is 18.3 Å². The summed E-state index contributed by atoms with van der Waals surface area (Å²) in [5, 5.41) is 4.23. The zero-order valence-corrected chi connectivity index (χ0v) is 15.6. The number of carbonyl (C=O) groups excluding carboxylic acids is 1. The summed E-state index contributed by atoms with van der Waals surface area (Å²) in [7, 11) is 1.76. The van der Waals surface area contributed by atoms with Crippen LogP contribution < -0.4 is 9.64 Å². The Labute approximate surface area is 165 Å². The van der Waals surface area contributed by atoms with Crippen LogP contribution in [0.15, 0.2) is 55.0 Å². The van der Waals surface area contributed by atoms with E-state index in [1.165, 1.54) is 12.1 Å². The Morgan fingerprint density at radius 1 is 1.14 bits per heavy atom. The molecule has 152 valence electrons. The van der Waals surface area contributed by atoms with Crippen LogP contribution >= 0.6 is 0 Å². The summed E-state index contributed by atoms with van der Waals surface area (Å²) in [4.78, 5) is 17.2. The Morgan fingerprint density at radius 3 is 2.45 bits per heavy atom. The number of carbonyl (C=O) groups is 1. The first-order valence-electron chi connectivity index (χ1n) is 8.79. The Kier molecular flexibility index (Phi) is 6.16. The molecule has 0 aliphatic heterocycles. The fraction of sp³-hybridized carbons (Fsp3) is 0.250. The molecule has 3 aromatic rings. The molecule has 0 radical (unpaired) electrons. The number of pyridine rings is 1. The number of benzene rings is 1. The van der Waals surface area contributed by atoms with Crippen molar-refractivity contribution in [3.05, 3.63) is 71.8 Å². The van der Waals surface area contributed by atoms with Crippen molar-refractivity contribution >= 4 is 12.0 Å². The van der Waals surface area contributed by atoms with Gasteiger partial charge in [0.1, 0.15) is 18.1 Å². The van der Waals surface area contributed by atoms with Crippen LogP contribution in [0.5, 0.6) is 5.75 Å². The second-order valence-electron chi connectivity index (χ2n) is 6.33. The van der Waals surface area contributed by atoms with Crippen molar-refractivity contribution in [2.24, 2.45) is 0 Å². The quantitative estimate of drug-likeness (QED) is 0.534. The minimum Gasteiger partial charge on any atom is -0.489 e. The predicted molar refractivity (Wildman–Crippen MR) is 101 cm³/mol. The molecule has 0 unspecified atom stereocenters. The molecule has 0 aliphatic rings. The van der Waals surface area contributed by atoms with Crippen LogP contribution in [0.1, 0.15) is 21.6 Å². The van der Waals surface area contributed by atoms with Gasteiger partial charge in [-0.05, 0) is 36.4 Å². The molecular formula is C20H19F3N4O2. The van der Waals surface area contributed by atoms with E-state index in [9.17, 15) is 18.0 Å². The fourth-order valence-corrected chi connectivity index (χ4v) is 2.73. The molecular weight excluding hydrogens is 385 g/mol. The topological polar surface area (TPSA) is 60.3 Å². The summed E-state index contributed by atoms with van der Waals surface area (Å²) in [6, 6.07) is 8.35. The summed E-state index contributed by atoms with van der Waals surface area (Å²) >= 11 is 0. The molecule has 3 rings (SSSR count). The molecule has 0 fully saturated rings. The number of nitrogens with zero attached hydrogens (tertiary/aromatic N) is 4. The molecule has 29 heavy (non-hydrogen) atoms. The maximum absolute atomic E-state index is 12.7. The molecule has 0 aliphatic carbocycles. The second-order valence-corrected chi connectivity index (χ2v) is 6.33. The van der Waals surface area contributed by atoms with Gasteiger partial charge in [0.15, 0.2) is 6.29 Å². The molecule has 0 bridgehead atoms. The highest BCUT2D eigenvalue weighted by Crippen LogP contribution is 2.30. The maximum Gasteiger partial charge on any atom is 0.416 e. The SMILES string of the molecule is CN(CCn1ncc(COc2ccncc2)c1C=O)c1ccc(C(F)(F)F)cc1. The van der Waals surface area contributed by atoms with Crippen LogP contribution in [0.3, 0.4) is 0 Å². The molecule has 0 saturated carbocycles. The van der Waals surface area contributed by atoms with E-state index < -0.39 is 11.7 Å². The Hall–Kier alpha value is -3.36. The number of rotatable bonds is 8. The smallest absolute Gasteiger partial charge is 0.416 e. The normalized spacial score (nSPS) is 11.3. The van der Waals surface area contributed by atoms with Crippen LogP contribution in [0.25, 0.3) is 0 Å². The monoisotopic (exact) mass is 404 g/mol. The van der Waals surface area contributed by atoms with Crippen LogP contribution in [0.2, 0.25) is 0 Å². The highest BCUT2D eigenvalue weighted by molar-refractivity contribution is 5.74. The van der Waals surface area contributed by atoms with Gasteiger partial charge in [-0.25, -0.2) is 0 Å². The molecule has 0 amide bonds. The van der Waals surface area contributed by atoms with E-state index in [4.69, 9.17) is 4.74 Å². The van der Waals surface area contributed by atoms with Gasteiger partial charge in [-0.15, -0.1) is 0 Å². The molecule has 0 saturated heterocycles. The Morgan fingerprint density at radius 2 is 1.83 bits per heavy atom. The van der Waals surface area contributed by atoms with Crippen LogP contribution in [0.4, 0.5) is 18.9 Å². The van der Waals surface area contributed by atoms with E-state index in [0.29, 0.717) is 35.8 Å². The van der Waals surface area contributed by atoms with Gasteiger partial charge in [0.05, 0.1) is 18.3 Å². The molecule has 9 heteroatoms. The lowest BCUT2D eigenvalue weighted by Crippen LogP contribution is -2.24. The van der Waals surface area contributed by atoms with Crippen molar-refractivity contribution in [1.82, 2.24) is 14.8 Å². The van der Waals surface area contributed by atoms with E-state index in [-0.39, 0.29) is 6.61 Å². The Balaban J connectivity index is 1.61. The van der Waals surface area contributed by atoms with Crippen LogP contribution in [-0.4, -0.2) is 34.6 Å². The zero-order chi connectivity index (χ0) is 20.9. The lowest BCUT2D eigenvalue weighted by Gasteiger charge is -2.20. The van der Waals surface area contributed by atoms with Crippen molar-refractivity contribution in [3.8, 4) is 5.75 Å². The summed E-state index contributed by atoms with van der Waals surface area (Å²) in [5.41, 5.74) is 0.997. The second kappa shape index (κ2) is 8.76. The number of anilines is 1. The molecule has 2 aromatic heterocycles. The number of hydrogen-bond acceptors (Lipinski definition) is 5. The predicted octanol–water partition coefficient (Wildman–Crippen LogP) is 3.82. The van der Waals surface area contributed by atoms with Crippen molar-refractivity contribution < 1.29 is 22.7 Å². The van der Waals surface area contributed by atoms with Gasteiger partial charge < -0.3 is 9.64 Å². The molecule has 1 aromatic carbocycles. The highest BCUT2D eigenvalue weighted by atomic mass is 19.4. The summed E-state index contributed by atoms with van der Waals surface area (Å²) in [6.45, 7) is 1.03. The van der Waals surface area contributed by atoms with Gasteiger partial charge in [0.2, 0.25) is 0 Å². The molecule has 2 heterocycles. The van der Waals surface area contributed by atoms with E-state index in [0.717, 1.165) is 18.4 Å². The number of ether oxygens (including phenoxy) is 1. The average molecular weight is 404 g/mol. The molecule has 0 N–H and O–H groups in total. The van der Waals surface area contributed by atoms with Crippen LogP contribution in [0, 0.1) is 0 Å². The minimum absolute atomic E-state index is 0.187. The van der Waals surface area contributed by atoms with E-state index in [2.05, 4.69) is 10.1 Å². The summed E-state index contributed by atoms with van der Waals surface area (Å²) < 4.78 is 45.2. The number of aromatic nitrogens is 3. The zero-order valence-electron chi connectivity index (χ0n) is 15.6. The third kappa shape index (κ3) is 5.13. The highest BCUT2D eigenvalue weighted by Gasteiger charge is 2.30. The lowest BCUT2D eigenvalue weighted by atomic mass is 10.2. The van der Waals surface area contributed by atoms with Gasteiger partial charge in [0.25, 0.3) is 0 Å². The van der Waals surface area contributed by atoms with Crippen molar-refractivity contribution in [1.29, 1.82) is 0 Å². The van der Waals surface area contributed by atoms with Crippen LogP contribution in [-0.2, 0) is 19.3 Å². The first-order valence-corrected chi connectivity index (χ1v) is 8.79. The molecule has 0 atom stereocenters.